The molecular weight excluding hydrogens is 406 g/mol. The number of nitrogen functional groups attached to an aromatic ring is 1. The van der Waals surface area contributed by atoms with Gasteiger partial charge in [-0.25, -0.2) is 8.42 Å². The highest BCUT2D eigenvalue weighted by Crippen LogP contribution is 2.20. The first-order chi connectivity index (χ1) is 14.2. The molecule has 1 saturated heterocycles. The van der Waals surface area contributed by atoms with E-state index in [0.29, 0.717) is 16.8 Å². The number of anilines is 1. The van der Waals surface area contributed by atoms with Gasteiger partial charge < -0.3 is 16.0 Å². The molecule has 0 saturated carbocycles. The zero-order valence-corrected chi connectivity index (χ0v) is 17.3. The molecule has 0 atom stereocenters. The van der Waals surface area contributed by atoms with Gasteiger partial charge in [-0.05, 0) is 36.4 Å². The maximum absolute atomic E-state index is 12.9. The minimum atomic E-state index is -3.69. The van der Waals surface area contributed by atoms with Crippen molar-refractivity contribution in [1.82, 2.24) is 9.21 Å². The molecule has 2 aromatic rings. The summed E-state index contributed by atoms with van der Waals surface area (Å²) in [4.78, 5) is 25.5. The highest BCUT2D eigenvalue weighted by atomic mass is 32.2. The molecule has 2 amide bonds. The molecule has 10 heteroatoms. The van der Waals surface area contributed by atoms with Gasteiger partial charge in [-0.2, -0.15) is 4.31 Å². The average Bonchev–Trinajstić information content (AvgIpc) is 2.73. The van der Waals surface area contributed by atoms with Crippen LogP contribution in [0.4, 0.5) is 5.69 Å². The fraction of sp³-hybridized carbons (Fsp3) is 0.250. The Morgan fingerprint density at radius 1 is 0.933 bits per heavy atom. The van der Waals surface area contributed by atoms with Crippen molar-refractivity contribution in [3.05, 3.63) is 59.7 Å². The van der Waals surface area contributed by atoms with Crippen LogP contribution in [0.25, 0.3) is 0 Å². The third-order valence-corrected chi connectivity index (χ3v) is 6.69. The van der Waals surface area contributed by atoms with E-state index in [1.165, 1.54) is 23.4 Å². The lowest BCUT2D eigenvalue weighted by molar-refractivity contribution is -0.114. The van der Waals surface area contributed by atoms with E-state index in [1.807, 2.05) is 0 Å². The van der Waals surface area contributed by atoms with E-state index >= 15 is 0 Å². The van der Waals surface area contributed by atoms with Crippen molar-refractivity contribution in [3.63, 3.8) is 0 Å². The van der Waals surface area contributed by atoms with Crippen LogP contribution in [0.5, 0.6) is 0 Å². The van der Waals surface area contributed by atoms with Gasteiger partial charge in [0.1, 0.15) is 5.84 Å². The summed E-state index contributed by atoms with van der Waals surface area (Å²) in [6.07, 6.45) is 0. The SMILES string of the molecule is CC(=O)Nc1ccc(S(=O)(=O)N2CCN(C(=O)c3ccc(C(=N)N)cc3)CC2)cc1. The Kier molecular flexibility index (Phi) is 6.18. The average molecular weight is 430 g/mol. The van der Waals surface area contributed by atoms with Crippen LogP contribution >= 0.6 is 0 Å². The van der Waals surface area contributed by atoms with Crippen molar-refractivity contribution in [1.29, 1.82) is 5.41 Å². The van der Waals surface area contributed by atoms with E-state index in [9.17, 15) is 18.0 Å². The molecule has 1 aliphatic rings. The van der Waals surface area contributed by atoms with Crippen LogP contribution in [-0.4, -0.2) is 61.5 Å². The molecule has 1 aliphatic heterocycles. The molecule has 9 nitrogen and oxygen atoms in total. The zero-order valence-electron chi connectivity index (χ0n) is 16.5. The number of hydrogen-bond donors (Lipinski definition) is 3. The number of nitrogens with two attached hydrogens (primary N) is 1. The number of piperazine rings is 1. The van der Waals surface area contributed by atoms with Crippen LogP contribution in [-0.2, 0) is 14.8 Å². The topological polar surface area (TPSA) is 137 Å². The highest BCUT2D eigenvalue weighted by Gasteiger charge is 2.30. The predicted molar refractivity (Wildman–Crippen MR) is 113 cm³/mol. The van der Waals surface area contributed by atoms with E-state index in [4.69, 9.17) is 11.1 Å². The Bertz CT molecular complexity index is 1060. The van der Waals surface area contributed by atoms with Crippen LogP contribution in [0, 0.1) is 5.41 Å². The molecule has 1 heterocycles. The van der Waals surface area contributed by atoms with E-state index in [-0.39, 0.29) is 48.7 Å². The first-order valence-corrected chi connectivity index (χ1v) is 10.7. The van der Waals surface area contributed by atoms with Gasteiger partial charge in [0.05, 0.1) is 4.90 Å². The summed E-state index contributed by atoms with van der Waals surface area (Å²) >= 11 is 0. The van der Waals surface area contributed by atoms with Gasteiger partial charge in [0.2, 0.25) is 15.9 Å². The van der Waals surface area contributed by atoms with E-state index < -0.39 is 10.0 Å². The lowest BCUT2D eigenvalue weighted by Gasteiger charge is -2.34. The van der Waals surface area contributed by atoms with Gasteiger partial charge in [-0.1, -0.05) is 12.1 Å². The summed E-state index contributed by atoms with van der Waals surface area (Å²) in [7, 11) is -3.69. The number of benzene rings is 2. The molecule has 158 valence electrons. The van der Waals surface area contributed by atoms with Gasteiger partial charge in [-0.15, -0.1) is 0 Å². The summed E-state index contributed by atoms with van der Waals surface area (Å²) in [6.45, 7) is 2.30. The molecule has 0 radical (unpaired) electrons. The van der Waals surface area contributed by atoms with Crippen molar-refractivity contribution < 1.29 is 18.0 Å². The fourth-order valence-electron chi connectivity index (χ4n) is 3.17. The molecule has 0 bridgehead atoms. The van der Waals surface area contributed by atoms with Crippen LogP contribution in [0.1, 0.15) is 22.8 Å². The first kappa shape index (κ1) is 21.5. The second-order valence-corrected chi connectivity index (χ2v) is 8.83. The monoisotopic (exact) mass is 429 g/mol. The Morgan fingerprint density at radius 2 is 1.47 bits per heavy atom. The maximum atomic E-state index is 12.9. The smallest absolute Gasteiger partial charge is 0.253 e. The molecule has 0 aliphatic carbocycles. The zero-order chi connectivity index (χ0) is 21.9. The van der Waals surface area contributed by atoms with E-state index in [1.54, 1.807) is 41.3 Å². The quantitative estimate of drug-likeness (QED) is 0.482. The Morgan fingerprint density at radius 3 is 1.97 bits per heavy atom. The summed E-state index contributed by atoms with van der Waals surface area (Å²) < 4.78 is 27.1. The summed E-state index contributed by atoms with van der Waals surface area (Å²) in [5.41, 5.74) is 6.94. The van der Waals surface area contributed by atoms with Crippen LogP contribution in [0.2, 0.25) is 0 Å². The third-order valence-electron chi connectivity index (χ3n) is 4.78. The molecule has 30 heavy (non-hydrogen) atoms. The predicted octanol–water partition coefficient (Wildman–Crippen LogP) is 1.08. The van der Waals surface area contributed by atoms with E-state index in [2.05, 4.69) is 5.32 Å². The molecule has 4 N–H and O–H groups in total. The van der Waals surface area contributed by atoms with Crippen molar-refractivity contribution >= 4 is 33.4 Å². The second-order valence-electron chi connectivity index (χ2n) is 6.89. The molecule has 0 aromatic heterocycles. The Hall–Kier alpha value is -3.24. The standard InChI is InChI=1S/C20H23N5O4S/c1-14(26)23-17-6-8-18(9-7-17)30(28,29)25-12-10-24(11-13-25)20(27)16-4-2-15(3-5-16)19(21)22/h2-9H,10-13H2,1H3,(H3,21,22)(H,23,26). The summed E-state index contributed by atoms with van der Waals surface area (Å²) in [6, 6.07) is 12.4. The summed E-state index contributed by atoms with van der Waals surface area (Å²) in [5, 5.41) is 10.00. The minimum Gasteiger partial charge on any atom is -0.384 e. The van der Waals surface area contributed by atoms with Crippen LogP contribution < -0.4 is 11.1 Å². The number of sulfonamides is 1. The van der Waals surface area contributed by atoms with Gasteiger partial charge in [-0.3, -0.25) is 15.0 Å². The number of carbonyl (C=O) groups excluding carboxylic acids is 2. The highest BCUT2D eigenvalue weighted by molar-refractivity contribution is 7.89. The molecule has 2 aromatic carbocycles. The van der Waals surface area contributed by atoms with Gasteiger partial charge in [0.25, 0.3) is 5.91 Å². The molecular formula is C20H23N5O4S. The second kappa shape index (κ2) is 8.64. The molecule has 0 spiro atoms. The number of amides is 2. The van der Waals surface area contributed by atoms with Crippen molar-refractivity contribution in [3.8, 4) is 0 Å². The Balaban J connectivity index is 1.64. The summed E-state index contributed by atoms with van der Waals surface area (Å²) in [5.74, 6) is -0.498. The van der Waals surface area contributed by atoms with Crippen LogP contribution in [0.15, 0.2) is 53.4 Å². The number of amidine groups is 1. The van der Waals surface area contributed by atoms with Gasteiger partial charge >= 0.3 is 0 Å². The minimum absolute atomic E-state index is 0.0714. The van der Waals surface area contributed by atoms with Crippen molar-refractivity contribution in [2.75, 3.05) is 31.5 Å². The first-order valence-electron chi connectivity index (χ1n) is 9.30. The molecule has 3 rings (SSSR count). The van der Waals surface area contributed by atoms with Gasteiger partial charge in [0, 0.05) is 49.9 Å². The number of nitrogens with zero attached hydrogens (tertiary/aromatic N) is 2. The number of hydrogen-bond acceptors (Lipinski definition) is 5. The van der Waals surface area contributed by atoms with Crippen molar-refractivity contribution in [2.24, 2.45) is 5.73 Å². The number of nitrogens with one attached hydrogen (secondary N) is 2. The Labute approximate surface area is 175 Å². The number of rotatable bonds is 5. The third kappa shape index (κ3) is 4.66. The van der Waals surface area contributed by atoms with Gasteiger partial charge in [0.15, 0.2) is 0 Å². The number of carbonyl (C=O) groups is 2. The molecule has 0 unspecified atom stereocenters. The van der Waals surface area contributed by atoms with Crippen LogP contribution in [0.3, 0.4) is 0 Å². The lowest BCUT2D eigenvalue weighted by Crippen LogP contribution is -2.50. The van der Waals surface area contributed by atoms with Crippen molar-refractivity contribution in [2.45, 2.75) is 11.8 Å². The molecule has 1 fully saturated rings. The fourth-order valence-corrected chi connectivity index (χ4v) is 4.59. The largest absolute Gasteiger partial charge is 0.384 e. The maximum Gasteiger partial charge on any atom is 0.253 e. The lowest BCUT2D eigenvalue weighted by atomic mass is 10.1. The van der Waals surface area contributed by atoms with E-state index in [0.717, 1.165) is 0 Å². The normalized spacial score (nSPS) is 14.9.